The third-order valence-corrected chi connectivity index (χ3v) is 7.51. The number of nitrogens with zero attached hydrogens (tertiary/aromatic N) is 6. The number of aromatic nitrogens is 5. The van der Waals surface area contributed by atoms with Gasteiger partial charge in [-0.2, -0.15) is 5.10 Å². The van der Waals surface area contributed by atoms with Gasteiger partial charge in [-0.15, -0.1) is 0 Å². The number of fused-ring (bicyclic) bond motifs is 1. The average molecular weight is 532 g/mol. The first-order chi connectivity index (χ1) is 18.5. The monoisotopic (exact) mass is 531 g/mol. The number of ether oxygens (including phenoxy) is 1. The number of rotatable bonds is 6. The van der Waals surface area contributed by atoms with E-state index in [2.05, 4.69) is 15.0 Å². The Morgan fingerprint density at radius 1 is 1.16 bits per heavy atom. The number of halogens is 1. The molecule has 6 rings (SSSR count). The van der Waals surface area contributed by atoms with Gasteiger partial charge in [0.2, 0.25) is 11.8 Å². The highest BCUT2D eigenvalue weighted by Gasteiger charge is 2.52. The fraction of sp³-hybridized carbons (Fsp3) is 0.296. The van der Waals surface area contributed by atoms with Crippen LogP contribution in [-0.4, -0.2) is 59.3 Å². The lowest BCUT2D eigenvalue weighted by molar-refractivity contribution is -0.131. The highest BCUT2D eigenvalue weighted by atomic mass is 35.5. The van der Waals surface area contributed by atoms with Crippen LogP contribution in [0, 0.1) is 0 Å². The SMILES string of the molecule is Nc1ncnc2c1c(-c1ccc(Oc3ccc(Cl)cn3)cc1)nn2[C@H]1CCC2(CC2)N(C(=O)/C=C/CO)C1. The van der Waals surface area contributed by atoms with Gasteiger partial charge in [0.25, 0.3) is 0 Å². The van der Waals surface area contributed by atoms with E-state index in [9.17, 15) is 4.79 Å². The molecule has 3 aromatic heterocycles. The summed E-state index contributed by atoms with van der Waals surface area (Å²) in [6, 6.07) is 10.8. The zero-order chi connectivity index (χ0) is 26.3. The van der Waals surface area contributed by atoms with Crippen molar-refractivity contribution in [3.63, 3.8) is 0 Å². The molecule has 4 heterocycles. The number of benzene rings is 1. The van der Waals surface area contributed by atoms with Crippen LogP contribution < -0.4 is 10.5 Å². The number of aliphatic hydroxyl groups excluding tert-OH is 1. The Bertz CT molecular complexity index is 1510. The minimum atomic E-state index is -0.167. The summed E-state index contributed by atoms with van der Waals surface area (Å²) in [6.45, 7) is 0.342. The zero-order valence-corrected chi connectivity index (χ0v) is 21.3. The van der Waals surface area contributed by atoms with Crippen molar-refractivity contribution in [2.75, 3.05) is 18.9 Å². The number of carbonyl (C=O) groups excluding carboxylic acids is 1. The van der Waals surface area contributed by atoms with Gasteiger partial charge in [0.15, 0.2) is 5.65 Å². The van der Waals surface area contributed by atoms with Gasteiger partial charge in [0.05, 0.1) is 23.1 Å². The molecule has 1 aromatic carbocycles. The van der Waals surface area contributed by atoms with E-state index < -0.39 is 0 Å². The Balaban J connectivity index is 1.32. The standard InChI is InChI=1S/C27H26ClN7O3/c28-18-5-8-21(30-14-18)38-20-6-3-17(4-7-20)24-23-25(29)31-16-32-26(23)35(33-24)19-9-10-27(11-12-27)34(15-19)22(37)2-1-13-36/h1-8,14,16,19,36H,9-13,15H2,(H2,29,31,32)/b2-1+/t19-/m0/s1. The van der Waals surface area contributed by atoms with E-state index in [1.807, 2.05) is 33.8 Å². The predicted octanol–water partition coefficient (Wildman–Crippen LogP) is 4.16. The summed E-state index contributed by atoms with van der Waals surface area (Å²) in [5.41, 5.74) is 8.37. The lowest BCUT2D eigenvalue weighted by Gasteiger charge is -2.40. The molecule has 194 valence electrons. The van der Waals surface area contributed by atoms with Crippen molar-refractivity contribution in [3.8, 4) is 22.9 Å². The van der Waals surface area contributed by atoms with Gasteiger partial charge in [0.1, 0.15) is 23.6 Å². The molecule has 11 heteroatoms. The Morgan fingerprint density at radius 2 is 1.97 bits per heavy atom. The maximum Gasteiger partial charge on any atom is 0.246 e. The van der Waals surface area contributed by atoms with Crippen molar-refractivity contribution in [2.45, 2.75) is 37.3 Å². The van der Waals surface area contributed by atoms with Gasteiger partial charge in [-0.05, 0) is 56.0 Å². The summed E-state index contributed by atoms with van der Waals surface area (Å²) < 4.78 is 7.70. The Labute approximate surface area is 223 Å². The van der Waals surface area contributed by atoms with Crippen molar-refractivity contribution in [1.82, 2.24) is 29.6 Å². The van der Waals surface area contributed by atoms with Gasteiger partial charge in [-0.3, -0.25) is 4.79 Å². The number of amides is 1. The molecule has 0 unspecified atom stereocenters. The number of nitrogen functional groups attached to an aromatic ring is 1. The van der Waals surface area contributed by atoms with Gasteiger partial charge in [0, 0.05) is 36.0 Å². The van der Waals surface area contributed by atoms with Crippen LogP contribution in [0.1, 0.15) is 31.7 Å². The smallest absolute Gasteiger partial charge is 0.246 e. The molecule has 1 atom stereocenters. The van der Waals surface area contributed by atoms with Crippen molar-refractivity contribution in [3.05, 3.63) is 66.1 Å². The molecule has 2 fully saturated rings. The molecule has 10 nitrogen and oxygen atoms in total. The van der Waals surface area contributed by atoms with Crippen molar-refractivity contribution in [1.29, 1.82) is 0 Å². The summed E-state index contributed by atoms with van der Waals surface area (Å²) in [6.07, 6.45) is 9.66. The topological polar surface area (TPSA) is 132 Å². The van der Waals surface area contributed by atoms with Gasteiger partial charge in [-0.1, -0.05) is 17.7 Å². The largest absolute Gasteiger partial charge is 0.439 e. The minimum Gasteiger partial charge on any atom is -0.439 e. The number of pyridine rings is 1. The fourth-order valence-electron chi connectivity index (χ4n) is 5.17. The van der Waals surface area contributed by atoms with E-state index in [4.69, 9.17) is 32.3 Å². The molecular formula is C27H26ClN7O3. The normalized spacial score (nSPS) is 18.4. The molecule has 1 saturated heterocycles. The number of nitrogens with two attached hydrogens (primary N) is 1. The van der Waals surface area contributed by atoms with E-state index in [0.717, 1.165) is 31.2 Å². The van der Waals surface area contributed by atoms with Crippen molar-refractivity contribution in [2.24, 2.45) is 0 Å². The molecule has 1 aliphatic carbocycles. The van der Waals surface area contributed by atoms with Crippen LogP contribution in [0.25, 0.3) is 22.3 Å². The lowest BCUT2D eigenvalue weighted by Crippen LogP contribution is -2.48. The second kappa shape index (κ2) is 9.70. The molecule has 3 N–H and O–H groups in total. The molecule has 1 amide bonds. The van der Waals surface area contributed by atoms with Gasteiger partial charge >= 0.3 is 0 Å². The number of hydrogen-bond donors (Lipinski definition) is 2. The number of anilines is 1. The average Bonchev–Trinajstić information content (AvgIpc) is 3.59. The quantitative estimate of drug-likeness (QED) is 0.354. The van der Waals surface area contributed by atoms with Crippen LogP contribution in [0.15, 0.2) is 61.1 Å². The predicted molar refractivity (Wildman–Crippen MR) is 143 cm³/mol. The van der Waals surface area contributed by atoms with Gasteiger partial charge in [-0.25, -0.2) is 19.6 Å². The van der Waals surface area contributed by atoms with E-state index in [1.54, 1.807) is 12.1 Å². The lowest BCUT2D eigenvalue weighted by atomic mass is 9.96. The minimum absolute atomic E-state index is 0.0724. The van der Waals surface area contributed by atoms with Crippen molar-refractivity contribution >= 4 is 34.4 Å². The summed E-state index contributed by atoms with van der Waals surface area (Å²) in [5.74, 6) is 1.31. The first-order valence-electron chi connectivity index (χ1n) is 12.4. The van der Waals surface area contributed by atoms with Crippen LogP contribution in [0.5, 0.6) is 11.6 Å². The Hall–Kier alpha value is -4.02. The third-order valence-electron chi connectivity index (χ3n) is 7.28. The number of aliphatic hydroxyl groups is 1. The fourth-order valence-corrected chi connectivity index (χ4v) is 5.29. The second-order valence-electron chi connectivity index (χ2n) is 9.64. The Kier molecular flexibility index (Phi) is 6.21. The first kappa shape index (κ1) is 24.3. The summed E-state index contributed by atoms with van der Waals surface area (Å²) in [4.78, 5) is 27.8. The summed E-state index contributed by atoms with van der Waals surface area (Å²) in [7, 11) is 0. The molecule has 1 spiro atoms. The van der Waals surface area contributed by atoms with Crippen molar-refractivity contribution < 1.29 is 14.6 Å². The second-order valence-corrected chi connectivity index (χ2v) is 10.1. The molecular weight excluding hydrogens is 506 g/mol. The third kappa shape index (κ3) is 4.46. The van der Waals surface area contributed by atoms with E-state index in [1.165, 1.54) is 24.7 Å². The maximum absolute atomic E-state index is 12.9. The molecule has 1 aliphatic heterocycles. The summed E-state index contributed by atoms with van der Waals surface area (Å²) >= 11 is 5.90. The van der Waals surface area contributed by atoms with E-state index >= 15 is 0 Å². The zero-order valence-electron chi connectivity index (χ0n) is 20.5. The van der Waals surface area contributed by atoms with Crippen LogP contribution in [0.2, 0.25) is 5.02 Å². The number of carbonyl (C=O) groups is 1. The van der Waals surface area contributed by atoms with Crippen LogP contribution in [0.3, 0.4) is 0 Å². The highest BCUT2D eigenvalue weighted by molar-refractivity contribution is 6.30. The molecule has 2 aliphatic rings. The summed E-state index contributed by atoms with van der Waals surface area (Å²) in [5, 5.41) is 15.3. The first-order valence-corrected chi connectivity index (χ1v) is 12.8. The molecule has 0 radical (unpaired) electrons. The molecule has 0 bridgehead atoms. The van der Waals surface area contributed by atoms with Crippen LogP contribution in [-0.2, 0) is 4.79 Å². The molecule has 38 heavy (non-hydrogen) atoms. The van der Waals surface area contributed by atoms with E-state index in [0.29, 0.717) is 45.7 Å². The van der Waals surface area contributed by atoms with E-state index in [-0.39, 0.29) is 24.1 Å². The number of likely N-dealkylation sites (tertiary alicyclic amines) is 1. The van der Waals surface area contributed by atoms with Gasteiger partial charge < -0.3 is 20.5 Å². The maximum atomic E-state index is 12.9. The highest BCUT2D eigenvalue weighted by Crippen LogP contribution is 2.50. The Morgan fingerprint density at radius 3 is 2.68 bits per heavy atom. The number of hydrogen-bond acceptors (Lipinski definition) is 8. The molecule has 1 saturated carbocycles. The molecule has 4 aromatic rings. The van der Waals surface area contributed by atoms with Crippen LogP contribution in [0.4, 0.5) is 5.82 Å². The van der Waals surface area contributed by atoms with Crippen LogP contribution >= 0.6 is 11.6 Å². The number of piperidine rings is 1.